The number of aliphatic hydroxyl groups is 3. The van der Waals surface area contributed by atoms with Crippen LogP contribution in [0.5, 0.6) is 0 Å². The number of epoxide rings is 1. The molecule has 47 heavy (non-hydrogen) atoms. The molecule has 0 aromatic rings. The second-order valence-corrected chi connectivity index (χ2v) is 14.4. The van der Waals surface area contributed by atoms with E-state index in [0.717, 1.165) is 13.1 Å². The van der Waals surface area contributed by atoms with Gasteiger partial charge in [0, 0.05) is 56.9 Å². The van der Waals surface area contributed by atoms with Crippen LogP contribution in [0.4, 0.5) is 4.79 Å². The molecule has 3 rings (SSSR count). The van der Waals surface area contributed by atoms with Crippen molar-refractivity contribution < 1.29 is 43.9 Å². The summed E-state index contributed by atoms with van der Waals surface area (Å²) in [7, 11) is 0. The van der Waals surface area contributed by atoms with E-state index in [1.54, 1.807) is 49.1 Å². The number of allylic oxidation sites excluding steroid dienone is 2. The van der Waals surface area contributed by atoms with Gasteiger partial charge in [0.05, 0.1) is 30.3 Å². The zero-order chi connectivity index (χ0) is 35.1. The lowest BCUT2D eigenvalue weighted by atomic mass is 9.88. The standard InChI is InChI=1S/C36H58N2O9/c1-9-28(40)26(6)33-29(45-33)22-35(7,43)15-10-11-24(4)32-25(5)12-13-30(36(8,44)16-14-27(39)21-31(41)47-32)46-34(42)38-19-17-37(18-20-38)23(2)3/h10-13,15,23,25-27,29-30,32-33,39,43-44H,9,14,16-22H2,1-8H3. The molecule has 0 aliphatic carbocycles. The fourth-order valence-corrected chi connectivity index (χ4v) is 6.30. The van der Waals surface area contributed by atoms with E-state index in [0.29, 0.717) is 37.5 Å². The minimum absolute atomic E-state index is 0.104. The molecule has 11 heteroatoms. The molecule has 0 bridgehead atoms. The van der Waals surface area contributed by atoms with E-state index in [4.69, 9.17) is 14.2 Å². The molecule has 3 heterocycles. The highest BCUT2D eigenvalue weighted by atomic mass is 16.6. The van der Waals surface area contributed by atoms with Gasteiger partial charge in [0.15, 0.2) is 6.10 Å². The van der Waals surface area contributed by atoms with Crippen LogP contribution in [0.3, 0.4) is 0 Å². The van der Waals surface area contributed by atoms with Gasteiger partial charge in [-0.3, -0.25) is 14.5 Å². The Morgan fingerprint density at radius 1 is 1.19 bits per heavy atom. The van der Waals surface area contributed by atoms with E-state index < -0.39 is 41.6 Å². The molecular formula is C36H58N2O9. The highest BCUT2D eigenvalue weighted by Crippen LogP contribution is 2.36. The van der Waals surface area contributed by atoms with Gasteiger partial charge in [-0.1, -0.05) is 45.1 Å². The van der Waals surface area contributed by atoms with Crippen molar-refractivity contribution in [1.82, 2.24) is 9.80 Å². The number of ether oxygens (including phenoxy) is 3. The van der Waals surface area contributed by atoms with Crippen molar-refractivity contribution in [2.24, 2.45) is 11.8 Å². The van der Waals surface area contributed by atoms with Crippen LogP contribution in [0, 0.1) is 11.8 Å². The number of hydrogen-bond acceptors (Lipinski definition) is 10. The van der Waals surface area contributed by atoms with E-state index >= 15 is 0 Å². The van der Waals surface area contributed by atoms with Gasteiger partial charge in [0.25, 0.3) is 0 Å². The maximum Gasteiger partial charge on any atom is 0.410 e. The predicted octanol–water partition coefficient (Wildman–Crippen LogP) is 3.94. The number of esters is 1. The lowest BCUT2D eigenvalue weighted by Gasteiger charge is -2.38. The number of piperazine rings is 1. The number of carbonyl (C=O) groups excluding carboxylic acids is 3. The highest BCUT2D eigenvalue weighted by Gasteiger charge is 2.47. The zero-order valence-electron chi connectivity index (χ0n) is 29.6. The Morgan fingerprint density at radius 2 is 1.85 bits per heavy atom. The molecular weight excluding hydrogens is 604 g/mol. The van der Waals surface area contributed by atoms with Crippen molar-refractivity contribution in [3.8, 4) is 0 Å². The van der Waals surface area contributed by atoms with Gasteiger partial charge in [-0.15, -0.1) is 0 Å². The van der Waals surface area contributed by atoms with E-state index in [-0.39, 0.29) is 49.1 Å². The summed E-state index contributed by atoms with van der Waals surface area (Å²) in [6.45, 7) is 17.4. The first-order valence-corrected chi connectivity index (χ1v) is 17.2. The number of cyclic esters (lactones) is 1. The first kappa shape index (κ1) is 38.9. The summed E-state index contributed by atoms with van der Waals surface area (Å²) < 4.78 is 17.4. The molecule has 0 radical (unpaired) electrons. The smallest absolute Gasteiger partial charge is 0.410 e. The van der Waals surface area contributed by atoms with Gasteiger partial charge in [-0.05, 0) is 59.1 Å². The normalized spacial score (nSPS) is 33.5. The molecule has 0 aromatic carbocycles. The molecule has 11 nitrogen and oxygen atoms in total. The fourth-order valence-electron chi connectivity index (χ4n) is 6.30. The van der Waals surface area contributed by atoms with Gasteiger partial charge < -0.3 is 34.4 Å². The van der Waals surface area contributed by atoms with Gasteiger partial charge in [-0.25, -0.2) is 4.79 Å². The van der Waals surface area contributed by atoms with Crippen molar-refractivity contribution >= 4 is 17.8 Å². The number of Topliss-reactive ketones (excluding diaryl/α,β-unsaturated/α-hetero) is 1. The second-order valence-electron chi connectivity index (χ2n) is 14.4. The number of aliphatic hydroxyl groups excluding tert-OH is 1. The number of rotatable bonds is 10. The Hall–Kier alpha value is -2.57. The summed E-state index contributed by atoms with van der Waals surface area (Å²) in [4.78, 5) is 42.0. The molecule has 266 valence electrons. The number of nitrogens with zero attached hydrogens (tertiary/aromatic N) is 2. The molecule has 3 aliphatic rings. The molecule has 2 saturated heterocycles. The fraction of sp³-hybridized carbons (Fsp3) is 0.750. The van der Waals surface area contributed by atoms with Gasteiger partial charge in [0.2, 0.25) is 0 Å². The molecule has 0 aromatic heterocycles. The second kappa shape index (κ2) is 16.7. The summed E-state index contributed by atoms with van der Waals surface area (Å²) >= 11 is 0. The molecule has 9 atom stereocenters. The van der Waals surface area contributed by atoms with E-state index in [2.05, 4.69) is 18.7 Å². The minimum atomic E-state index is -1.49. The predicted molar refractivity (Wildman–Crippen MR) is 178 cm³/mol. The van der Waals surface area contributed by atoms with Crippen molar-refractivity contribution in [2.75, 3.05) is 26.2 Å². The minimum Gasteiger partial charge on any atom is -0.457 e. The number of hydrogen-bond donors (Lipinski definition) is 3. The largest absolute Gasteiger partial charge is 0.457 e. The van der Waals surface area contributed by atoms with Crippen LogP contribution in [-0.4, -0.2) is 117 Å². The molecule has 9 unspecified atom stereocenters. The van der Waals surface area contributed by atoms with Gasteiger partial charge in [-0.2, -0.15) is 0 Å². The molecule has 0 spiro atoms. The summed E-state index contributed by atoms with van der Waals surface area (Å²) in [5.41, 5.74) is -1.98. The van der Waals surface area contributed by atoms with Crippen molar-refractivity contribution in [2.45, 2.75) is 135 Å². The van der Waals surface area contributed by atoms with E-state index in [1.807, 2.05) is 27.7 Å². The van der Waals surface area contributed by atoms with Crippen LogP contribution in [0.15, 0.2) is 36.0 Å². The molecule has 3 aliphatic heterocycles. The molecule has 2 fully saturated rings. The maximum atomic E-state index is 13.2. The topological polar surface area (TPSA) is 149 Å². The van der Waals surface area contributed by atoms with Crippen molar-refractivity contribution in [3.05, 3.63) is 36.0 Å². The number of carbonyl (C=O) groups is 3. The number of amides is 1. The monoisotopic (exact) mass is 662 g/mol. The van der Waals surface area contributed by atoms with Crippen LogP contribution >= 0.6 is 0 Å². The van der Waals surface area contributed by atoms with Crippen molar-refractivity contribution in [3.63, 3.8) is 0 Å². The third-order valence-electron chi connectivity index (χ3n) is 9.70. The first-order chi connectivity index (χ1) is 21.9. The zero-order valence-corrected chi connectivity index (χ0v) is 29.6. The Balaban J connectivity index is 1.74. The maximum absolute atomic E-state index is 13.2. The Bertz CT molecular complexity index is 1170. The Morgan fingerprint density at radius 3 is 2.47 bits per heavy atom. The summed E-state index contributed by atoms with van der Waals surface area (Å²) in [6.07, 6.45) is 5.66. The third kappa shape index (κ3) is 11.5. The van der Waals surface area contributed by atoms with Crippen molar-refractivity contribution in [1.29, 1.82) is 0 Å². The average molecular weight is 663 g/mol. The SMILES string of the molecule is CCC(=O)C(C)C1OC1CC(C)(O)C=CC=C(C)C1OC(=O)CC(O)CCC(C)(O)C(OC(=O)N2CCN(C(C)C)CC2)C=CC1C. The van der Waals surface area contributed by atoms with Crippen LogP contribution in [0.2, 0.25) is 0 Å². The summed E-state index contributed by atoms with van der Waals surface area (Å²) in [6, 6.07) is 0.386. The summed E-state index contributed by atoms with van der Waals surface area (Å²) in [5.74, 6) is -1.02. The van der Waals surface area contributed by atoms with Crippen LogP contribution < -0.4 is 0 Å². The van der Waals surface area contributed by atoms with Gasteiger partial charge in [0.1, 0.15) is 17.5 Å². The number of ketones is 1. The van der Waals surface area contributed by atoms with Crippen LogP contribution in [-0.2, 0) is 23.8 Å². The van der Waals surface area contributed by atoms with Crippen LogP contribution in [0.25, 0.3) is 0 Å². The first-order valence-electron chi connectivity index (χ1n) is 17.2. The average Bonchev–Trinajstić information content (AvgIpc) is 3.77. The van der Waals surface area contributed by atoms with Gasteiger partial charge >= 0.3 is 12.1 Å². The third-order valence-corrected chi connectivity index (χ3v) is 9.70. The molecule has 1 amide bonds. The van der Waals surface area contributed by atoms with E-state index in [1.165, 1.54) is 0 Å². The lowest BCUT2D eigenvalue weighted by molar-refractivity contribution is -0.151. The Kier molecular flexibility index (Phi) is 13.8. The van der Waals surface area contributed by atoms with Crippen LogP contribution in [0.1, 0.15) is 87.5 Å². The summed E-state index contributed by atoms with van der Waals surface area (Å²) in [5, 5.41) is 33.0. The molecule has 0 saturated carbocycles. The highest BCUT2D eigenvalue weighted by molar-refractivity contribution is 5.81. The molecule has 3 N–H and O–H groups in total. The lowest BCUT2D eigenvalue weighted by Crippen LogP contribution is -2.52. The Labute approximate surface area is 280 Å². The van der Waals surface area contributed by atoms with E-state index in [9.17, 15) is 29.7 Å². The quantitative estimate of drug-likeness (QED) is 0.136.